The maximum Gasteiger partial charge on any atom is 0.238 e. The van der Waals surface area contributed by atoms with E-state index in [-0.39, 0.29) is 0 Å². The van der Waals surface area contributed by atoms with Gasteiger partial charge in [-0.1, -0.05) is 158 Å². The Morgan fingerprint density at radius 2 is 0.730 bits per heavy atom. The zero-order valence-electron chi connectivity index (χ0n) is 39.5. The minimum Gasteiger partial charge on any atom is -0.294 e. The fraction of sp³-hybridized carbons (Fsp3) is 0. The highest BCUT2D eigenvalue weighted by atomic mass is 32.1. The van der Waals surface area contributed by atoms with Crippen LogP contribution in [0.1, 0.15) is 0 Å². The summed E-state index contributed by atoms with van der Waals surface area (Å²) in [4.78, 5) is 22.1. The predicted octanol–water partition coefficient (Wildman–Crippen LogP) is 15.4. The van der Waals surface area contributed by atoms with Crippen LogP contribution in [0.5, 0.6) is 0 Å². The lowest BCUT2D eigenvalue weighted by atomic mass is 9.98. The summed E-state index contributed by atoms with van der Waals surface area (Å²) in [6, 6.07) is 79.8. The summed E-state index contributed by atoms with van der Waals surface area (Å²) in [5.74, 6) is 2.87. The quantitative estimate of drug-likeness (QED) is 0.132. The van der Waals surface area contributed by atoms with E-state index in [9.17, 15) is 0 Å². The zero-order chi connectivity index (χ0) is 49.0. The van der Waals surface area contributed by atoms with Gasteiger partial charge in [0.25, 0.3) is 0 Å². The fourth-order valence-electron chi connectivity index (χ4n) is 11.8. The monoisotopic (exact) mass is 967 g/mol. The Morgan fingerprint density at radius 3 is 1.24 bits per heavy atom. The highest BCUT2D eigenvalue weighted by molar-refractivity contribution is 7.77. The first-order valence-corrected chi connectivity index (χ1v) is 25.1. The van der Waals surface area contributed by atoms with Crippen molar-refractivity contribution in [2.75, 3.05) is 0 Å². The van der Waals surface area contributed by atoms with E-state index in [1.54, 1.807) is 0 Å². The molecule has 0 spiro atoms. The second-order valence-electron chi connectivity index (χ2n) is 18.6. The topological polar surface area (TPSA) is 97.3 Å². The standard InChI is InChI=1S/C64H38N8.H3NS/c1-2-17-39(18-3-1)50-37-40-32-35-57(66-60(40)61-47(50)25-16-36-65-61)71-55-30-14-8-23-45(55)48-33-34-49-46-24-9-15-31-56(46)72(63(49)62(48)71)64-67-58(69-51-26-10-4-19-41(51)42-20-5-11-27-52(42)69)38-59(68-64)70-53-28-12-6-21-43(53)44-22-7-13-29-54(44)70;1-2/h1-38H;2H,1H2. The molecule has 2 N–H and O–H groups in total. The lowest BCUT2D eigenvalue weighted by Crippen LogP contribution is -2.10. The highest BCUT2D eigenvalue weighted by Gasteiger charge is 2.26. The summed E-state index contributed by atoms with van der Waals surface area (Å²) in [7, 11) is 0. The molecular formula is C64H41N9S. The Hall–Kier alpha value is -9.61. The molecule has 9 nitrogen and oxygen atoms in total. The molecule has 16 aromatic rings. The maximum absolute atomic E-state index is 5.73. The number of aromatic nitrogens is 8. The Kier molecular flexibility index (Phi) is 9.37. The van der Waals surface area contributed by atoms with Crippen LogP contribution >= 0.6 is 12.8 Å². The number of benzene rings is 9. The number of fused-ring (bicyclic) bond motifs is 16. The molecule has 0 fully saturated rings. The first-order chi connectivity index (χ1) is 36.7. The zero-order valence-corrected chi connectivity index (χ0v) is 40.4. The predicted molar refractivity (Wildman–Crippen MR) is 309 cm³/mol. The summed E-state index contributed by atoms with van der Waals surface area (Å²) in [6.07, 6.45) is 1.87. The Balaban J connectivity index is 0.00000239. The molecule has 16 rings (SSSR count). The minimum atomic E-state index is 0.553. The second-order valence-corrected chi connectivity index (χ2v) is 18.6. The van der Waals surface area contributed by atoms with Crippen LogP contribution in [0.2, 0.25) is 0 Å². The molecule has 7 heterocycles. The summed E-state index contributed by atoms with van der Waals surface area (Å²) in [5.41, 5.74) is 12.3. The number of pyridine rings is 2. The number of nitrogens with zero attached hydrogens (tertiary/aromatic N) is 8. The average molecular weight is 968 g/mol. The van der Waals surface area contributed by atoms with Crippen LogP contribution in [-0.4, -0.2) is 38.2 Å². The van der Waals surface area contributed by atoms with E-state index < -0.39 is 0 Å². The summed E-state index contributed by atoms with van der Waals surface area (Å²) in [5, 5.41) is 15.4. The first-order valence-electron chi connectivity index (χ1n) is 24.6. The molecule has 0 amide bonds. The Bertz CT molecular complexity index is 4710. The van der Waals surface area contributed by atoms with Gasteiger partial charge >= 0.3 is 0 Å². The van der Waals surface area contributed by atoms with E-state index in [1.807, 2.05) is 12.3 Å². The Labute approximate surface area is 428 Å². The molecule has 0 aliphatic rings. The van der Waals surface area contributed by atoms with Crippen LogP contribution < -0.4 is 5.14 Å². The maximum atomic E-state index is 5.73. The number of para-hydroxylation sites is 6. The molecule has 0 radical (unpaired) electrons. The van der Waals surface area contributed by atoms with Crippen molar-refractivity contribution < 1.29 is 0 Å². The van der Waals surface area contributed by atoms with Gasteiger partial charge in [0.05, 0.1) is 55.2 Å². The van der Waals surface area contributed by atoms with Crippen molar-refractivity contribution in [1.29, 1.82) is 0 Å². The van der Waals surface area contributed by atoms with Crippen LogP contribution in [0.15, 0.2) is 231 Å². The van der Waals surface area contributed by atoms with E-state index in [0.717, 1.165) is 138 Å². The third kappa shape index (κ3) is 6.03. The van der Waals surface area contributed by atoms with Crippen LogP contribution in [0.25, 0.3) is 144 Å². The number of hydrogen-bond donors (Lipinski definition) is 2. The van der Waals surface area contributed by atoms with Gasteiger partial charge in [-0.05, 0) is 71.8 Å². The van der Waals surface area contributed by atoms with Gasteiger partial charge < -0.3 is 0 Å². The molecule has 74 heavy (non-hydrogen) atoms. The lowest BCUT2D eigenvalue weighted by Gasteiger charge is -2.16. The third-order valence-electron chi connectivity index (χ3n) is 14.8. The van der Waals surface area contributed by atoms with E-state index in [4.69, 9.17) is 19.9 Å². The summed E-state index contributed by atoms with van der Waals surface area (Å²) >= 11 is 3.03. The van der Waals surface area contributed by atoms with Gasteiger partial charge in [-0.25, -0.2) is 4.98 Å². The van der Waals surface area contributed by atoms with Crippen LogP contribution in [-0.2, 0) is 0 Å². The molecular weight excluding hydrogens is 927 g/mol. The SMILES string of the molecule is NS.c1ccc(-c2cc3ccc(-n4c5ccccc5c5ccc6c7ccccc7n(-c7nc(-n8c9ccccc9c9ccccc98)cc(-n8c9ccccc9c9ccccc98)n7)c6c54)nc3c3ncccc23)cc1. The summed E-state index contributed by atoms with van der Waals surface area (Å²) in [6.45, 7) is 0. The molecule has 348 valence electrons. The minimum absolute atomic E-state index is 0.553. The van der Waals surface area contributed by atoms with Crippen LogP contribution in [0, 0.1) is 0 Å². The highest BCUT2D eigenvalue weighted by Crippen LogP contribution is 2.43. The van der Waals surface area contributed by atoms with Crippen molar-refractivity contribution in [2.45, 2.75) is 0 Å². The molecule has 0 saturated heterocycles. The smallest absolute Gasteiger partial charge is 0.238 e. The van der Waals surface area contributed by atoms with Crippen molar-refractivity contribution in [3.8, 4) is 34.5 Å². The second kappa shape index (κ2) is 16.5. The number of thiol groups is 1. The molecule has 9 aromatic carbocycles. The third-order valence-corrected chi connectivity index (χ3v) is 14.8. The molecule has 0 aliphatic heterocycles. The van der Waals surface area contributed by atoms with Crippen molar-refractivity contribution in [2.24, 2.45) is 5.14 Å². The molecule has 0 atom stereocenters. The molecule has 0 bridgehead atoms. The number of hydrogen-bond acceptors (Lipinski definition) is 6. The van der Waals surface area contributed by atoms with Gasteiger partial charge in [0, 0.05) is 66.1 Å². The first kappa shape index (κ1) is 42.1. The largest absolute Gasteiger partial charge is 0.294 e. The van der Waals surface area contributed by atoms with Gasteiger partial charge in [-0.3, -0.25) is 28.4 Å². The van der Waals surface area contributed by atoms with E-state index in [1.165, 1.54) is 0 Å². The molecule has 7 aromatic heterocycles. The molecule has 0 unspecified atom stereocenters. The van der Waals surface area contributed by atoms with E-state index in [0.29, 0.717) is 5.95 Å². The normalized spacial score (nSPS) is 11.9. The van der Waals surface area contributed by atoms with Gasteiger partial charge in [-0.15, -0.1) is 12.8 Å². The van der Waals surface area contributed by atoms with Crippen molar-refractivity contribution in [1.82, 2.24) is 38.2 Å². The van der Waals surface area contributed by atoms with Gasteiger partial charge in [0.2, 0.25) is 5.95 Å². The van der Waals surface area contributed by atoms with Crippen molar-refractivity contribution >= 4 is 122 Å². The van der Waals surface area contributed by atoms with Gasteiger partial charge in [0.1, 0.15) is 17.5 Å². The van der Waals surface area contributed by atoms with Crippen LogP contribution in [0.3, 0.4) is 0 Å². The van der Waals surface area contributed by atoms with Gasteiger partial charge in [0.15, 0.2) is 0 Å². The lowest BCUT2D eigenvalue weighted by molar-refractivity contribution is 0.918. The van der Waals surface area contributed by atoms with Crippen molar-refractivity contribution in [3.63, 3.8) is 0 Å². The fourth-order valence-corrected chi connectivity index (χ4v) is 11.8. The number of rotatable bonds is 5. The average Bonchev–Trinajstić information content (AvgIpc) is 4.25. The number of nitrogens with two attached hydrogens (primary N) is 1. The Morgan fingerprint density at radius 1 is 0.311 bits per heavy atom. The van der Waals surface area contributed by atoms with E-state index >= 15 is 0 Å². The summed E-state index contributed by atoms with van der Waals surface area (Å²) < 4.78 is 9.23. The van der Waals surface area contributed by atoms with E-state index in [2.05, 4.69) is 255 Å². The van der Waals surface area contributed by atoms with Gasteiger partial charge in [-0.2, -0.15) is 9.97 Å². The molecule has 10 heteroatoms. The van der Waals surface area contributed by atoms with Crippen molar-refractivity contribution in [3.05, 3.63) is 231 Å². The molecule has 0 saturated carbocycles. The molecule has 0 aliphatic carbocycles. The van der Waals surface area contributed by atoms with Crippen LogP contribution in [0.4, 0.5) is 0 Å².